The lowest BCUT2D eigenvalue weighted by Gasteiger charge is -2.29. The maximum atomic E-state index is 13.6. The van der Waals surface area contributed by atoms with Crippen molar-refractivity contribution in [1.29, 1.82) is 0 Å². The predicted octanol–water partition coefficient (Wildman–Crippen LogP) is 7.73. The third-order valence-corrected chi connectivity index (χ3v) is 7.82. The standard InChI is InChI=1S/C32H26F2N4O6/c33-27-15-9-23(17-29(27)37(41)42)31(39)35-25-11-5-21(6-12-25)19-1-2-20(4-3-19)22-7-13-26(14-8-22)36-32(40)24-10-16-28(34)30(18-24)38(43)44/h5-20H,1-4H2,(H,35,39)(H,36,40). The van der Waals surface area contributed by atoms with E-state index in [-0.39, 0.29) is 11.1 Å². The van der Waals surface area contributed by atoms with E-state index in [1.54, 1.807) is 24.3 Å². The largest absolute Gasteiger partial charge is 0.322 e. The molecule has 44 heavy (non-hydrogen) atoms. The SMILES string of the molecule is O=C(Nc1ccc(C2CCC(c3ccc(NC(=O)c4ccc(F)c([N+](=O)[O-])c4)cc3)CC2)cc1)c1ccc(F)c([N+](=O)[O-])c1. The number of carbonyl (C=O) groups excluding carboxylic acids is 2. The van der Waals surface area contributed by atoms with E-state index in [4.69, 9.17) is 0 Å². The highest BCUT2D eigenvalue weighted by molar-refractivity contribution is 6.05. The number of carbonyl (C=O) groups is 2. The number of rotatable bonds is 8. The summed E-state index contributed by atoms with van der Waals surface area (Å²) in [6.45, 7) is 0. The van der Waals surface area contributed by atoms with Crippen LogP contribution in [0.3, 0.4) is 0 Å². The van der Waals surface area contributed by atoms with Crippen LogP contribution in [0.1, 0.15) is 69.4 Å². The van der Waals surface area contributed by atoms with E-state index in [9.17, 15) is 38.6 Å². The number of anilines is 2. The average molecular weight is 601 g/mol. The van der Waals surface area contributed by atoms with Gasteiger partial charge in [0, 0.05) is 34.6 Å². The summed E-state index contributed by atoms with van der Waals surface area (Å²) in [5, 5.41) is 27.3. The molecule has 0 radical (unpaired) electrons. The maximum Gasteiger partial charge on any atom is 0.305 e. The smallest absolute Gasteiger partial charge is 0.305 e. The van der Waals surface area contributed by atoms with Gasteiger partial charge in [-0.25, -0.2) is 0 Å². The Kier molecular flexibility index (Phi) is 8.70. The lowest BCUT2D eigenvalue weighted by molar-refractivity contribution is -0.387. The molecule has 0 saturated heterocycles. The molecule has 1 aliphatic rings. The van der Waals surface area contributed by atoms with E-state index in [0.29, 0.717) is 23.2 Å². The van der Waals surface area contributed by atoms with Crippen LogP contribution in [0, 0.1) is 31.9 Å². The summed E-state index contributed by atoms with van der Waals surface area (Å²) in [6.07, 6.45) is 3.82. The molecular formula is C32H26F2N4O6. The molecule has 0 spiro atoms. The number of hydrogen-bond acceptors (Lipinski definition) is 6. The first-order valence-electron chi connectivity index (χ1n) is 13.8. The normalized spacial score (nSPS) is 16.1. The summed E-state index contributed by atoms with van der Waals surface area (Å²) in [6, 6.07) is 20.9. The minimum absolute atomic E-state index is 0.0185. The zero-order valence-electron chi connectivity index (χ0n) is 23.2. The van der Waals surface area contributed by atoms with Crippen molar-refractivity contribution in [1.82, 2.24) is 0 Å². The Balaban J connectivity index is 1.14. The quantitative estimate of drug-likeness (QED) is 0.156. The lowest BCUT2D eigenvalue weighted by atomic mass is 9.76. The molecule has 2 amide bonds. The van der Waals surface area contributed by atoms with Gasteiger partial charge in [-0.2, -0.15) is 8.78 Å². The molecule has 0 aliphatic heterocycles. The molecule has 0 atom stereocenters. The summed E-state index contributed by atoms with van der Waals surface area (Å²) < 4.78 is 27.2. The van der Waals surface area contributed by atoms with Crippen LogP contribution < -0.4 is 10.6 Å². The van der Waals surface area contributed by atoms with Gasteiger partial charge in [0.1, 0.15) is 0 Å². The van der Waals surface area contributed by atoms with Crippen LogP contribution in [0.4, 0.5) is 31.5 Å². The summed E-state index contributed by atoms with van der Waals surface area (Å²) in [4.78, 5) is 45.2. The first-order chi connectivity index (χ1) is 21.1. The van der Waals surface area contributed by atoms with Crippen molar-refractivity contribution < 1.29 is 28.2 Å². The van der Waals surface area contributed by atoms with Crippen LogP contribution in [0.25, 0.3) is 0 Å². The third-order valence-electron chi connectivity index (χ3n) is 7.82. The second-order valence-electron chi connectivity index (χ2n) is 10.5. The number of nitro groups is 2. The molecule has 224 valence electrons. The molecule has 0 aromatic heterocycles. The van der Waals surface area contributed by atoms with Gasteiger partial charge >= 0.3 is 11.4 Å². The number of halogens is 2. The molecule has 5 rings (SSSR count). The fraction of sp³-hybridized carbons (Fsp3) is 0.188. The van der Waals surface area contributed by atoms with Gasteiger partial charge in [-0.3, -0.25) is 29.8 Å². The van der Waals surface area contributed by atoms with E-state index in [1.807, 2.05) is 24.3 Å². The van der Waals surface area contributed by atoms with Gasteiger partial charge < -0.3 is 10.6 Å². The molecular weight excluding hydrogens is 574 g/mol. The Labute approximate surface area is 250 Å². The lowest BCUT2D eigenvalue weighted by Crippen LogP contribution is -2.14. The Morgan fingerprint density at radius 3 is 1.25 bits per heavy atom. The number of benzene rings is 4. The molecule has 2 N–H and O–H groups in total. The van der Waals surface area contributed by atoms with Crippen molar-refractivity contribution in [2.24, 2.45) is 0 Å². The molecule has 4 aromatic rings. The Morgan fingerprint density at radius 1 is 0.591 bits per heavy atom. The van der Waals surface area contributed by atoms with Crippen molar-refractivity contribution >= 4 is 34.6 Å². The topological polar surface area (TPSA) is 144 Å². The van der Waals surface area contributed by atoms with Gasteiger partial charge in [0.25, 0.3) is 11.8 Å². The minimum Gasteiger partial charge on any atom is -0.322 e. The Hall–Kier alpha value is -5.52. The van der Waals surface area contributed by atoms with Crippen molar-refractivity contribution in [3.8, 4) is 0 Å². The molecule has 4 aromatic carbocycles. The number of nitro benzene ring substituents is 2. The molecule has 1 saturated carbocycles. The van der Waals surface area contributed by atoms with Crippen LogP contribution in [0.2, 0.25) is 0 Å². The van der Waals surface area contributed by atoms with Gasteiger partial charge in [0.2, 0.25) is 11.6 Å². The zero-order valence-corrected chi connectivity index (χ0v) is 23.2. The summed E-state index contributed by atoms with van der Waals surface area (Å²) in [5.74, 6) is -2.49. The van der Waals surface area contributed by atoms with Crippen LogP contribution in [-0.2, 0) is 0 Å². The number of amides is 2. The van der Waals surface area contributed by atoms with Crippen LogP contribution in [0.5, 0.6) is 0 Å². The molecule has 0 unspecified atom stereocenters. The zero-order chi connectivity index (χ0) is 31.4. The molecule has 10 nitrogen and oxygen atoms in total. The van der Waals surface area contributed by atoms with Crippen molar-refractivity contribution in [2.75, 3.05) is 10.6 Å². The van der Waals surface area contributed by atoms with Gasteiger partial charge in [-0.05, 0) is 97.2 Å². The Bertz CT molecular complexity index is 1610. The molecule has 1 fully saturated rings. The third kappa shape index (κ3) is 6.75. The highest BCUT2D eigenvalue weighted by Gasteiger charge is 2.24. The van der Waals surface area contributed by atoms with E-state index in [1.165, 1.54) is 12.1 Å². The summed E-state index contributed by atoms with van der Waals surface area (Å²) >= 11 is 0. The number of nitrogens with one attached hydrogen (secondary N) is 2. The van der Waals surface area contributed by atoms with Gasteiger partial charge in [-0.15, -0.1) is 0 Å². The van der Waals surface area contributed by atoms with Crippen LogP contribution >= 0.6 is 0 Å². The van der Waals surface area contributed by atoms with Crippen molar-refractivity contribution in [2.45, 2.75) is 37.5 Å². The highest BCUT2D eigenvalue weighted by atomic mass is 19.1. The fourth-order valence-electron chi connectivity index (χ4n) is 5.43. The fourth-order valence-corrected chi connectivity index (χ4v) is 5.43. The highest BCUT2D eigenvalue weighted by Crippen LogP contribution is 2.41. The van der Waals surface area contributed by atoms with Crippen molar-refractivity contribution in [3.63, 3.8) is 0 Å². The maximum absolute atomic E-state index is 13.6. The summed E-state index contributed by atoms with van der Waals surface area (Å²) in [7, 11) is 0. The second-order valence-corrected chi connectivity index (χ2v) is 10.5. The molecule has 12 heteroatoms. The number of hydrogen-bond donors (Lipinski definition) is 2. The predicted molar refractivity (Wildman–Crippen MR) is 159 cm³/mol. The first-order valence-corrected chi connectivity index (χ1v) is 13.8. The van der Waals surface area contributed by atoms with Gasteiger partial charge in [-0.1, -0.05) is 24.3 Å². The Morgan fingerprint density at radius 2 is 0.932 bits per heavy atom. The summed E-state index contributed by atoms with van der Waals surface area (Å²) in [5.41, 5.74) is 1.75. The van der Waals surface area contributed by atoms with Crippen molar-refractivity contribution in [3.05, 3.63) is 139 Å². The molecule has 0 heterocycles. The van der Waals surface area contributed by atoms with E-state index in [2.05, 4.69) is 10.6 Å². The van der Waals surface area contributed by atoms with Gasteiger partial charge in [0.05, 0.1) is 9.85 Å². The van der Waals surface area contributed by atoms with Crippen LogP contribution in [-0.4, -0.2) is 21.7 Å². The average Bonchev–Trinajstić information content (AvgIpc) is 3.02. The second kappa shape index (κ2) is 12.8. The molecule has 1 aliphatic carbocycles. The molecule has 0 bridgehead atoms. The van der Waals surface area contributed by atoms with E-state index < -0.39 is 44.7 Å². The van der Waals surface area contributed by atoms with E-state index in [0.717, 1.165) is 61.1 Å². The first kappa shape index (κ1) is 30.0. The number of nitrogens with zero attached hydrogens (tertiary/aromatic N) is 2. The van der Waals surface area contributed by atoms with Crippen LogP contribution in [0.15, 0.2) is 84.9 Å². The van der Waals surface area contributed by atoms with E-state index >= 15 is 0 Å². The monoisotopic (exact) mass is 600 g/mol. The minimum atomic E-state index is -1.01. The van der Waals surface area contributed by atoms with Gasteiger partial charge in [0.15, 0.2) is 0 Å².